The summed E-state index contributed by atoms with van der Waals surface area (Å²) in [4.78, 5) is 4.27. The molecule has 4 heteroatoms. The summed E-state index contributed by atoms with van der Waals surface area (Å²) in [7, 11) is 0. The Morgan fingerprint density at radius 2 is 2.00 bits per heavy atom. The normalized spacial score (nSPS) is 25.2. The molecule has 3 nitrogen and oxygen atoms in total. The molecule has 0 bridgehead atoms. The Hall–Kier alpha value is -1.13. The van der Waals surface area contributed by atoms with Crippen molar-refractivity contribution in [3.63, 3.8) is 0 Å². The Morgan fingerprint density at radius 1 is 1.24 bits per heavy atom. The molecule has 90 valence electrons. The second-order valence-electron chi connectivity index (χ2n) is 4.78. The fraction of sp³-hybridized carbons (Fsp3) is 0.462. The van der Waals surface area contributed by atoms with E-state index in [1.165, 1.54) is 10.3 Å². The van der Waals surface area contributed by atoms with E-state index in [9.17, 15) is 5.11 Å². The lowest BCUT2D eigenvalue weighted by molar-refractivity contribution is 0.122. The van der Waals surface area contributed by atoms with Crippen LogP contribution in [-0.2, 0) is 0 Å². The zero-order valence-electron chi connectivity index (χ0n) is 9.60. The quantitative estimate of drug-likeness (QED) is 0.815. The molecular formula is C13H16N2OS. The first-order valence-corrected chi connectivity index (χ1v) is 6.88. The second-order valence-corrected chi connectivity index (χ2v) is 5.85. The zero-order valence-corrected chi connectivity index (χ0v) is 10.4. The van der Waals surface area contributed by atoms with Gasteiger partial charge in [-0.05, 0) is 49.3 Å². The van der Waals surface area contributed by atoms with E-state index < -0.39 is 0 Å². The number of aromatic nitrogens is 1. The van der Waals surface area contributed by atoms with Gasteiger partial charge in [0, 0.05) is 0 Å². The number of fused-ring (bicyclic) bond motifs is 1. The molecule has 1 aliphatic rings. The third-order valence-electron chi connectivity index (χ3n) is 3.60. The summed E-state index contributed by atoms with van der Waals surface area (Å²) in [5.74, 6) is 0.589. The molecule has 1 aromatic heterocycles. The van der Waals surface area contributed by atoms with Gasteiger partial charge in [0.05, 0.1) is 16.3 Å². The summed E-state index contributed by atoms with van der Waals surface area (Å²) in [6.07, 6.45) is 3.93. The first-order valence-electron chi connectivity index (χ1n) is 6.06. The van der Waals surface area contributed by atoms with Gasteiger partial charge in [0.15, 0.2) is 5.13 Å². The molecule has 3 rings (SSSR count). The average molecular weight is 248 g/mol. The van der Waals surface area contributed by atoms with Gasteiger partial charge in [-0.15, -0.1) is 0 Å². The van der Waals surface area contributed by atoms with Crippen LogP contribution in [0.2, 0.25) is 0 Å². The molecule has 1 aromatic carbocycles. The van der Waals surface area contributed by atoms with Crippen LogP contribution in [0.1, 0.15) is 37.2 Å². The van der Waals surface area contributed by atoms with Gasteiger partial charge < -0.3 is 10.8 Å². The lowest BCUT2D eigenvalue weighted by Crippen LogP contribution is -2.16. The van der Waals surface area contributed by atoms with Crippen molar-refractivity contribution in [1.29, 1.82) is 0 Å². The number of aliphatic hydroxyl groups excluding tert-OH is 1. The monoisotopic (exact) mass is 248 g/mol. The first kappa shape index (κ1) is 11.0. The standard InChI is InChI=1S/C13H16N2OS/c14-13-15-11-6-3-9(7-12(11)17-13)8-1-4-10(16)5-2-8/h3,6-8,10,16H,1-2,4-5H2,(H2,14,15). The molecule has 3 N–H and O–H groups in total. The van der Waals surface area contributed by atoms with E-state index >= 15 is 0 Å². The Labute approximate surface area is 104 Å². The molecule has 1 heterocycles. The van der Waals surface area contributed by atoms with Crippen molar-refractivity contribution in [1.82, 2.24) is 4.98 Å². The highest BCUT2D eigenvalue weighted by Gasteiger charge is 2.21. The largest absolute Gasteiger partial charge is 0.393 e. The third-order valence-corrected chi connectivity index (χ3v) is 4.44. The SMILES string of the molecule is Nc1nc2ccc(C3CCC(O)CC3)cc2s1. The van der Waals surface area contributed by atoms with Crippen molar-refractivity contribution in [2.24, 2.45) is 0 Å². The van der Waals surface area contributed by atoms with Crippen molar-refractivity contribution < 1.29 is 5.11 Å². The minimum Gasteiger partial charge on any atom is -0.393 e. The van der Waals surface area contributed by atoms with Gasteiger partial charge in [-0.1, -0.05) is 17.4 Å². The van der Waals surface area contributed by atoms with E-state index in [2.05, 4.69) is 23.2 Å². The number of aliphatic hydroxyl groups is 1. The van der Waals surface area contributed by atoms with Crippen molar-refractivity contribution in [2.45, 2.75) is 37.7 Å². The zero-order chi connectivity index (χ0) is 11.8. The van der Waals surface area contributed by atoms with Gasteiger partial charge in [-0.25, -0.2) is 4.98 Å². The molecular weight excluding hydrogens is 232 g/mol. The van der Waals surface area contributed by atoms with Crippen LogP contribution in [0, 0.1) is 0 Å². The van der Waals surface area contributed by atoms with Crippen LogP contribution in [0.15, 0.2) is 18.2 Å². The van der Waals surface area contributed by atoms with Gasteiger partial charge >= 0.3 is 0 Å². The summed E-state index contributed by atoms with van der Waals surface area (Å²) in [6.45, 7) is 0. The summed E-state index contributed by atoms with van der Waals surface area (Å²) in [5, 5.41) is 10.2. The summed E-state index contributed by atoms with van der Waals surface area (Å²) in [5.41, 5.74) is 8.07. The van der Waals surface area contributed by atoms with Crippen LogP contribution >= 0.6 is 11.3 Å². The highest BCUT2D eigenvalue weighted by molar-refractivity contribution is 7.22. The Bertz CT molecular complexity index is 529. The van der Waals surface area contributed by atoms with Crippen LogP contribution in [0.25, 0.3) is 10.2 Å². The van der Waals surface area contributed by atoms with Gasteiger partial charge in [0.2, 0.25) is 0 Å². The topological polar surface area (TPSA) is 59.1 Å². The number of nitrogens with two attached hydrogens (primary N) is 1. The lowest BCUT2D eigenvalue weighted by Gasteiger charge is -2.25. The molecule has 0 atom stereocenters. The number of rotatable bonds is 1. The molecule has 0 radical (unpaired) electrons. The van der Waals surface area contributed by atoms with Crippen LogP contribution in [0.3, 0.4) is 0 Å². The van der Waals surface area contributed by atoms with Crippen LogP contribution < -0.4 is 5.73 Å². The van der Waals surface area contributed by atoms with Crippen molar-refractivity contribution in [2.75, 3.05) is 5.73 Å². The number of benzene rings is 1. The van der Waals surface area contributed by atoms with Gasteiger partial charge in [-0.3, -0.25) is 0 Å². The second kappa shape index (κ2) is 4.27. The molecule has 1 fully saturated rings. The van der Waals surface area contributed by atoms with Crippen molar-refractivity contribution >= 4 is 26.7 Å². The molecule has 17 heavy (non-hydrogen) atoms. The fourth-order valence-corrected chi connectivity index (χ4v) is 3.40. The molecule has 1 aliphatic carbocycles. The Balaban J connectivity index is 1.89. The van der Waals surface area contributed by atoms with E-state index in [0.29, 0.717) is 11.0 Å². The van der Waals surface area contributed by atoms with Crippen LogP contribution in [0.4, 0.5) is 5.13 Å². The minimum atomic E-state index is -0.0889. The molecule has 0 amide bonds. The molecule has 2 aromatic rings. The van der Waals surface area contributed by atoms with Gasteiger partial charge in [0.1, 0.15) is 0 Å². The van der Waals surface area contributed by atoms with Crippen molar-refractivity contribution in [3.8, 4) is 0 Å². The molecule has 0 spiro atoms. The molecule has 0 aliphatic heterocycles. The Kier molecular flexibility index (Phi) is 2.76. The predicted molar refractivity (Wildman–Crippen MR) is 71.2 cm³/mol. The number of nitrogen functional groups attached to an aromatic ring is 1. The number of hydrogen-bond acceptors (Lipinski definition) is 4. The van der Waals surface area contributed by atoms with E-state index in [0.717, 1.165) is 31.2 Å². The number of thiazole rings is 1. The molecule has 0 saturated heterocycles. The summed E-state index contributed by atoms with van der Waals surface area (Å²) in [6, 6.07) is 6.43. The van der Waals surface area contributed by atoms with E-state index in [4.69, 9.17) is 5.73 Å². The summed E-state index contributed by atoms with van der Waals surface area (Å²) >= 11 is 1.55. The maximum Gasteiger partial charge on any atom is 0.181 e. The summed E-state index contributed by atoms with van der Waals surface area (Å²) < 4.78 is 1.17. The highest BCUT2D eigenvalue weighted by atomic mass is 32.1. The van der Waals surface area contributed by atoms with Crippen molar-refractivity contribution in [3.05, 3.63) is 23.8 Å². The van der Waals surface area contributed by atoms with Crippen LogP contribution in [0.5, 0.6) is 0 Å². The van der Waals surface area contributed by atoms with E-state index in [-0.39, 0.29) is 6.10 Å². The maximum absolute atomic E-state index is 9.52. The molecule has 1 saturated carbocycles. The predicted octanol–water partition coefficient (Wildman–Crippen LogP) is 2.90. The molecule has 0 unspecified atom stereocenters. The minimum absolute atomic E-state index is 0.0889. The maximum atomic E-state index is 9.52. The highest BCUT2D eigenvalue weighted by Crippen LogP contribution is 2.35. The number of hydrogen-bond donors (Lipinski definition) is 2. The lowest BCUT2D eigenvalue weighted by atomic mass is 9.83. The Morgan fingerprint density at radius 3 is 2.76 bits per heavy atom. The first-order chi connectivity index (χ1) is 8.22. The number of nitrogens with zero attached hydrogens (tertiary/aromatic N) is 1. The smallest absolute Gasteiger partial charge is 0.181 e. The van der Waals surface area contributed by atoms with Crippen LogP contribution in [-0.4, -0.2) is 16.2 Å². The number of anilines is 1. The fourth-order valence-electron chi connectivity index (χ4n) is 2.62. The third kappa shape index (κ3) is 2.15. The van der Waals surface area contributed by atoms with E-state index in [1.807, 2.05) is 0 Å². The van der Waals surface area contributed by atoms with E-state index in [1.54, 1.807) is 11.3 Å². The average Bonchev–Trinajstić information content (AvgIpc) is 2.69. The van der Waals surface area contributed by atoms with Gasteiger partial charge in [-0.2, -0.15) is 0 Å². The van der Waals surface area contributed by atoms with Gasteiger partial charge in [0.25, 0.3) is 0 Å².